The van der Waals surface area contributed by atoms with Crippen LogP contribution in [0.4, 0.5) is 10.8 Å². The number of nitrogens with zero attached hydrogens (tertiary/aromatic N) is 1. The van der Waals surface area contributed by atoms with Gasteiger partial charge in [0, 0.05) is 23.4 Å². The van der Waals surface area contributed by atoms with Gasteiger partial charge in [0.05, 0.1) is 29.3 Å². The third kappa shape index (κ3) is 4.91. The molecule has 8 nitrogen and oxygen atoms in total. The predicted octanol–water partition coefficient (Wildman–Crippen LogP) is 4.68. The lowest BCUT2D eigenvalue weighted by atomic mass is 10.2. The second-order valence-corrected chi connectivity index (χ2v) is 9.86. The molecule has 0 spiro atoms. The molecule has 0 saturated carbocycles. The topological polar surface area (TPSA) is 107 Å². The maximum absolute atomic E-state index is 12.7. The van der Waals surface area contributed by atoms with Crippen molar-refractivity contribution < 1.29 is 22.7 Å². The van der Waals surface area contributed by atoms with Crippen molar-refractivity contribution in [3.05, 3.63) is 71.8 Å². The van der Waals surface area contributed by atoms with Gasteiger partial charge >= 0.3 is 0 Å². The van der Waals surface area contributed by atoms with Crippen LogP contribution in [0, 0.1) is 6.92 Å². The summed E-state index contributed by atoms with van der Waals surface area (Å²) in [6.07, 6.45) is 0. The second kappa shape index (κ2) is 9.08. The zero-order valence-corrected chi connectivity index (χ0v) is 19.7. The Morgan fingerprint density at radius 2 is 1.58 bits per heavy atom. The van der Waals surface area contributed by atoms with Crippen molar-refractivity contribution >= 4 is 48.3 Å². The molecule has 0 unspecified atom stereocenters. The normalized spacial score (nSPS) is 11.2. The highest BCUT2D eigenvalue weighted by atomic mass is 32.2. The molecule has 3 aromatic carbocycles. The molecule has 0 aliphatic carbocycles. The van der Waals surface area contributed by atoms with Crippen molar-refractivity contribution in [1.82, 2.24) is 4.98 Å². The Morgan fingerprint density at radius 1 is 0.939 bits per heavy atom. The number of ether oxygens (including phenoxy) is 2. The van der Waals surface area contributed by atoms with Gasteiger partial charge in [0.15, 0.2) is 16.6 Å². The Bertz CT molecular complexity index is 1370. The first-order chi connectivity index (χ1) is 15.8. The number of nitrogens with one attached hydrogen (secondary N) is 2. The number of methoxy groups -OCH3 is 2. The van der Waals surface area contributed by atoms with Crippen molar-refractivity contribution in [3.63, 3.8) is 0 Å². The molecular formula is C23H21N3O5S2. The molecule has 4 rings (SSSR count). The highest BCUT2D eigenvalue weighted by molar-refractivity contribution is 7.92. The first kappa shape index (κ1) is 22.6. The summed E-state index contributed by atoms with van der Waals surface area (Å²) in [7, 11) is -0.619. The van der Waals surface area contributed by atoms with Crippen molar-refractivity contribution in [2.45, 2.75) is 11.8 Å². The third-order valence-electron chi connectivity index (χ3n) is 4.84. The Labute approximate surface area is 195 Å². The maximum Gasteiger partial charge on any atom is 0.261 e. The number of hydrogen-bond donors (Lipinski definition) is 2. The van der Waals surface area contributed by atoms with Crippen LogP contribution < -0.4 is 19.5 Å². The van der Waals surface area contributed by atoms with E-state index in [1.807, 2.05) is 6.92 Å². The van der Waals surface area contributed by atoms with Crippen LogP contribution in [-0.4, -0.2) is 33.5 Å². The molecule has 1 heterocycles. The number of carbonyl (C=O) groups excluding carboxylic acids is 1. The fourth-order valence-electron chi connectivity index (χ4n) is 3.10. The molecule has 0 bridgehead atoms. The van der Waals surface area contributed by atoms with Gasteiger partial charge < -0.3 is 9.47 Å². The summed E-state index contributed by atoms with van der Waals surface area (Å²) >= 11 is 1.31. The van der Waals surface area contributed by atoms with Gasteiger partial charge in [-0.3, -0.25) is 14.8 Å². The lowest BCUT2D eigenvalue weighted by Crippen LogP contribution is -2.14. The molecule has 4 aromatic rings. The van der Waals surface area contributed by atoms with Crippen LogP contribution in [0.2, 0.25) is 0 Å². The summed E-state index contributed by atoms with van der Waals surface area (Å²) in [4.78, 5) is 17.2. The molecule has 0 aliphatic heterocycles. The minimum atomic E-state index is -3.72. The van der Waals surface area contributed by atoms with Crippen molar-refractivity contribution in [1.29, 1.82) is 0 Å². The molecule has 33 heavy (non-hydrogen) atoms. The van der Waals surface area contributed by atoms with E-state index < -0.39 is 10.0 Å². The number of amides is 1. The lowest BCUT2D eigenvalue weighted by molar-refractivity contribution is 0.102. The second-order valence-electron chi connectivity index (χ2n) is 7.14. The lowest BCUT2D eigenvalue weighted by Gasteiger charge is -2.09. The van der Waals surface area contributed by atoms with Gasteiger partial charge in [-0.15, -0.1) is 0 Å². The van der Waals surface area contributed by atoms with E-state index in [-0.39, 0.29) is 10.8 Å². The van der Waals surface area contributed by atoms with E-state index in [0.717, 1.165) is 10.3 Å². The van der Waals surface area contributed by atoms with E-state index in [2.05, 4.69) is 15.0 Å². The van der Waals surface area contributed by atoms with Crippen LogP contribution in [0.5, 0.6) is 11.5 Å². The maximum atomic E-state index is 12.7. The molecule has 170 valence electrons. The fraction of sp³-hybridized carbons (Fsp3) is 0.130. The smallest absolute Gasteiger partial charge is 0.261 e. The summed E-state index contributed by atoms with van der Waals surface area (Å²) in [6, 6.07) is 16.3. The number of anilines is 2. The minimum Gasteiger partial charge on any atom is -0.493 e. The number of hydrogen-bond acceptors (Lipinski definition) is 7. The fourth-order valence-corrected chi connectivity index (χ4v) is 5.03. The average molecular weight is 484 g/mol. The van der Waals surface area contributed by atoms with Crippen LogP contribution in [-0.2, 0) is 10.0 Å². The number of aromatic nitrogens is 1. The summed E-state index contributed by atoms with van der Waals surface area (Å²) in [5.74, 6) is 0.771. The summed E-state index contributed by atoms with van der Waals surface area (Å²) < 4.78 is 39.0. The van der Waals surface area contributed by atoms with Crippen molar-refractivity contribution in [2.75, 3.05) is 24.3 Å². The van der Waals surface area contributed by atoms with Gasteiger partial charge in [0.2, 0.25) is 0 Å². The number of carbonyl (C=O) groups is 1. The molecule has 2 N–H and O–H groups in total. The predicted molar refractivity (Wildman–Crippen MR) is 129 cm³/mol. The molecule has 1 aromatic heterocycles. The zero-order valence-electron chi connectivity index (χ0n) is 18.1. The number of sulfonamides is 1. The van der Waals surface area contributed by atoms with E-state index in [0.29, 0.717) is 33.4 Å². The quantitative estimate of drug-likeness (QED) is 0.395. The van der Waals surface area contributed by atoms with Gasteiger partial charge in [-0.2, -0.15) is 0 Å². The first-order valence-electron chi connectivity index (χ1n) is 9.82. The molecule has 0 aliphatic rings. The minimum absolute atomic E-state index is 0.166. The Balaban J connectivity index is 1.48. The van der Waals surface area contributed by atoms with Crippen LogP contribution in [0.15, 0.2) is 65.6 Å². The summed E-state index contributed by atoms with van der Waals surface area (Å²) in [6.45, 7) is 1.88. The van der Waals surface area contributed by atoms with E-state index in [1.54, 1.807) is 62.8 Å². The number of aryl methyl sites for hydroxylation is 1. The van der Waals surface area contributed by atoms with Gasteiger partial charge in [0.1, 0.15) is 0 Å². The highest BCUT2D eigenvalue weighted by Crippen LogP contribution is 2.36. The van der Waals surface area contributed by atoms with Gasteiger partial charge in [0.25, 0.3) is 15.9 Å². The largest absolute Gasteiger partial charge is 0.493 e. The van der Waals surface area contributed by atoms with Gasteiger partial charge in [-0.25, -0.2) is 13.4 Å². The molecule has 0 saturated heterocycles. The third-order valence-corrected chi connectivity index (χ3v) is 7.18. The monoisotopic (exact) mass is 483 g/mol. The Kier molecular flexibility index (Phi) is 6.21. The van der Waals surface area contributed by atoms with Crippen LogP contribution >= 0.6 is 11.3 Å². The van der Waals surface area contributed by atoms with Crippen LogP contribution in [0.1, 0.15) is 15.9 Å². The van der Waals surface area contributed by atoms with E-state index in [1.165, 1.54) is 23.5 Å². The molecule has 0 atom stereocenters. The number of thiazole rings is 1. The van der Waals surface area contributed by atoms with E-state index >= 15 is 0 Å². The molecule has 0 radical (unpaired) electrons. The molecule has 0 fully saturated rings. The van der Waals surface area contributed by atoms with Crippen molar-refractivity contribution in [2.24, 2.45) is 0 Å². The van der Waals surface area contributed by atoms with Gasteiger partial charge in [-0.1, -0.05) is 29.0 Å². The van der Waals surface area contributed by atoms with Crippen LogP contribution in [0.25, 0.3) is 10.2 Å². The first-order valence-corrected chi connectivity index (χ1v) is 12.1. The number of fused-ring (bicyclic) bond motifs is 1. The number of rotatable bonds is 7. The number of benzene rings is 3. The summed E-state index contributed by atoms with van der Waals surface area (Å²) in [5.41, 5.74) is 2.36. The Hall–Kier alpha value is -3.63. The molecule has 1 amide bonds. The summed E-state index contributed by atoms with van der Waals surface area (Å²) in [5, 5.41) is 3.20. The van der Waals surface area contributed by atoms with Crippen LogP contribution in [0.3, 0.4) is 0 Å². The van der Waals surface area contributed by atoms with E-state index in [9.17, 15) is 13.2 Å². The molecule has 10 heteroatoms. The average Bonchev–Trinajstić information content (AvgIpc) is 3.19. The van der Waals surface area contributed by atoms with Gasteiger partial charge in [-0.05, 0) is 43.3 Å². The van der Waals surface area contributed by atoms with Crippen molar-refractivity contribution in [3.8, 4) is 11.5 Å². The molecular weight excluding hydrogens is 462 g/mol. The Morgan fingerprint density at radius 3 is 2.21 bits per heavy atom. The standard InChI is InChI=1S/C23H21N3O5S2/c1-14-4-10-17(11-5-14)33(28,29)26-16-8-6-15(7-9-16)22(27)25-23-24-18-12-19(30-2)20(31-3)13-21(18)32-23/h4-13,26H,1-3H3,(H,24,25,27). The SMILES string of the molecule is COc1cc2nc(NC(=O)c3ccc(NS(=O)(=O)c4ccc(C)cc4)cc3)sc2cc1OC. The van der Waals surface area contributed by atoms with E-state index in [4.69, 9.17) is 9.47 Å². The zero-order chi connectivity index (χ0) is 23.6. The highest BCUT2D eigenvalue weighted by Gasteiger charge is 2.16.